The lowest BCUT2D eigenvalue weighted by molar-refractivity contribution is -0.274. The van der Waals surface area contributed by atoms with Crippen LogP contribution in [-0.2, 0) is 21.5 Å². The topological polar surface area (TPSA) is 87.2 Å². The molecule has 0 radical (unpaired) electrons. The van der Waals surface area contributed by atoms with Crippen LogP contribution in [0.2, 0.25) is 0 Å². The van der Waals surface area contributed by atoms with Crippen molar-refractivity contribution in [2.24, 2.45) is 0 Å². The van der Waals surface area contributed by atoms with Gasteiger partial charge >= 0.3 is 16.6 Å². The third kappa shape index (κ3) is 6.29. The SMILES string of the molecule is CC1CN(c2ccc(OC(F)(F)F)cc2)CN1Cc1ccnc(NS(=O)(=O)N2CCOCC2)c1. The summed E-state index contributed by atoms with van der Waals surface area (Å²) < 4.78 is 75.3. The van der Waals surface area contributed by atoms with E-state index >= 15 is 0 Å². The molecule has 1 N–H and O–H groups in total. The maximum Gasteiger partial charge on any atom is 0.573 e. The van der Waals surface area contributed by atoms with Crippen molar-refractivity contribution in [1.29, 1.82) is 0 Å². The van der Waals surface area contributed by atoms with Crippen LogP contribution < -0.4 is 14.4 Å². The van der Waals surface area contributed by atoms with Crippen LogP contribution in [-0.4, -0.2) is 74.5 Å². The molecule has 0 spiro atoms. The van der Waals surface area contributed by atoms with Crippen molar-refractivity contribution in [3.63, 3.8) is 0 Å². The number of hydrogen-bond donors (Lipinski definition) is 1. The molecule has 4 rings (SSSR count). The second-order valence-electron chi connectivity index (χ2n) is 8.17. The van der Waals surface area contributed by atoms with Gasteiger partial charge in [0.15, 0.2) is 0 Å². The normalized spacial score (nSPS) is 20.5. The highest BCUT2D eigenvalue weighted by atomic mass is 32.2. The Kier molecular flexibility index (Phi) is 7.17. The van der Waals surface area contributed by atoms with Gasteiger partial charge in [0.25, 0.3) is 0 Å². The van der Waals surface area contributed by atoms with Crippen LogP contribution in [0.15, 0.2) is 42.6 Å². The minimum absolute atomic E-state index is 0.174. The molecule has 0 aliphatic carbocycles. The number of pyridine rings is 1. The standard InChI is InChI=1S/C21H26F3N5O4S/c1-16-13-28(18-2-4-19(5-3-18)33-21(22,23)24)15-27(16)14-17-6-7-25-20(12-17)26-34(30,31)29-8-10-32-11-9-29/h2-7,12,16H,8-11,13-15H2,1H3,(H,25,26). The Morgan fingerprint density at radius 2 is 1.88 bits per heavy atom. The van der Waals surface area contributed by atoms with E-state index < -0.39 is 16.6 Å². The zero-order valence-corrected chi connectivity index (χ0v) is 19.3. The van der Waals surface area contributed by atoms with E-state index in [-0.39, 0.29) is 17.6 Å². The molecule has 0 saturated carbocycles. The summed E-state index contributed by atoms with van der Waals surface area (Å²) in [6, 6.07) is 9.50. The van der Waals surface area contributed by atoms with E-state index in [2.05, 4.69) is 31.2 Å². The third-order valence-electron chi connectivity index (χ3n) is 5.65. The van der Waals surface area contributed by atoms with Gasteiger partial charge in [-0.3, -0.25) is 9.62 Å². The van der Waals surface area contributed by atoms with Crippen LogP contribution >= 0.6 is 0 Å². The summed E-state index contributed by atoms with van der Waals surface area (Å²) in [5.74, 6) is -0.0165. The molecular weight excluding hydrogens is 475 g/mol. The molecule has 1 unspecified atom stereocenters. The van der Waals surface area contributed by atoms with Crippen LogP contribution in [0.5, 0.6) is 5.75 Å². The molecule has 34 heavy (non-hydrogen) atoms. The number of halogens is 3. The third-order valence-corrected chi connectivity index (χ3v) is 7.16. The first-order chi connectivity index (χ1) is 16.1. The average Bonchev–Trinajstić information content (AvgIpc) is 3.14. The second-order valence-corrected chi connectivity index (χ2v) is 9.84. The molecule has 186 valence electrons. The van der Waals surface area contributed by atoms with Gasteiger partial charge in [-0.05, 0) is 48.9 Å². The van der Waals surface area contributed by atoms with E-state index in [1.165, 1.54) is 16.4 Å². The molecule has 0 amide bonds. The molecule has 2 aliphatic rings. The molecule has 2 saturated heterocycles. The number of ether oxygens (including phenoxy) is 2. The molecule has 2 aromatic rings. The molecule has 1 aromatic heterocycles. The van der Waals surface area contributed by atoms with Crippen molar-refractivity contribution in [3.05, 3.63) is 48.2 Å². The van der Waals surface area contributed by atoms with Crippen LogP contribution in [0.1, 0.15) is 12.5 Å². The van der Waals surface area contributed by atoms with Gasteiger partial charge in [-0.15, -0.1) is 13.2 Å². The van der Waals surface area contributed by atoms with Gasteiger partial charge in [-0.2, -0.15) is 12.7 Å². The van der Waals surface area contributed by atoms with Crippen LogP contribution in [0.4, 0.5) is 24.7 Å². The highest BCUT2D eigenvalue weighted by molar-refractivity contribution is 7.90. The fourth-order valence-electron chi connectivity index (χ4n) is 3.95. The first kappa shape index (κ1) is 24.5. The number of nitrogens with one attached hydrogen (secondary N) is 1. The van der Waals surface area contributed by atoms with Crippen molar-refractivity contribution in [2.45, 2.75) is 25.9 Å². The molecule has 1 atom stereocenters. The van der Waals surface area contributed by atoms with Crippen LogP contribution in [0, 0.1) is 0 Å². The molecule has 1 aromatic carbocycles. The summed E-state index contributed by atoms with van der Waals surface area (Å²) in [7, 11) is -3.71. The van der Waals surface area contributed by atoms with Crippen molar-refractivity contribution in [3.8, 4) is 5.75 Å². The predicted molar refractivity (Wildman–Crippen MR) is 120 cm³/mol. The summed E-state index contributed by atoms with van der Waals surface area (Å²) >= 11 is 0. The first-order valence-electron chi connectivity index (χ1n) is 10.7. The summed E-state index contributed by atoms with van der Waals surface area (Å²) in [4.78, 5) is 8.39. The Bertz CT molecular complexity index is 1080. The number of benzene rings is 1. The Morgan fingerprint density at radius 1 is 1.18 bits per heavy atom. The van der Waals surface area contributed by atoms with Gasteiger partial charge in [0.05, 0.1) is 19.9 Å². The molecule has 2 aliphatic heterocycles. The number of nitrogens with zero attached hydrogens (tertiary/aromatic N) is 4. The van der Waals surface area contributed by atoms with E-state index in [1.54, 1.807) is 24.4 Å². The predicted octanol–water partition coefficient (Wildman–Crippen LogP) is 2.64. The lowest BCUT2D eigenvalue weighted by atomic mass is 10.2. The van der Waals surface area contributed by atoms with Crippen LogP contribution in [0.25, 0.3) is 0 Å². The zero-order valence-electron chi connectivity index (χ0n) is 18.5. The largest absolute Gasteiger partial charge is 0.573 e. The number of anilines is 2. The number of alkyl halides is 3. The van der Waals surface area contributed by atoms with E-state index in [4.69, 9.17) is 4.74 Å². The van der Waals surface area contributed by atoms with Gasteiger partial charge in [-0.25, -0.2) is 4.98 Å². The highest BCUT2D eigenvalue weighted by Gasteiger charge is 2.32. The maximum atomic E-state index is 12.6. The zero-order chi connectivity index (χ0) is 24.3. The van der Waals surface area contributed by atoms with E-state index in [0.29, 0.717) is 46.1 Å². The molecule has 13 heteroatoms. The quantitative estimate of drug-likeness (QED) is 0.624. The summed E-state index contributed by atoms with van der Waals surface area (Å²) in [6.45, 7) is 5.18. The van der Waals surface area contributed by atoms with Gasteiger partial charge in [0, 0.05) is 44.1 Å². The average molecular weight is 502 g/mol. The minimum Gasteiger partial charge on any atom is -0.406 e. The Balaban J connectivity index is 1.38. The van der Waals surface area contributed by atoms with Crippen molar-refractivity contribution >= 4 is 21.7 Å². The summed E-state index contributed by atoms with van der Waals surface area (Å²) in [6.07, 6.45) is -3.16. The van der Waals surface area contributed by atoms with Gasteiger partial charge in [0.1, 0.15) is 11.6 Å². The fourth-order valence-corrected chi connectivity index (χ4v) is 5.08. The molecule has 3 heterocycles. The second kappa shape index (κ2) is 9.94. The molecule has 2 fully saturated rings. The lowest BCUT2D eigenvalue weighted by Gasteiger charge is -2.26. The minimum atomic E-state index is -4.72. The van der Waals surface area contributed by atoms with Crippen molar-refractivity contribution in [1.82, 2.24) is 14.2 Å². The number of hydrogen-bond acceptors (Lipinski definition) is 7. The Morgan fingerprint density at radius 3 is 2.56 bits per heavy atom. The Hall–Kier alpha value is -2.61. The summed E-state index contributed by atoms with van der Waals surface area (Å²) in [5, 5.41) is 0. The highest BCUT2D eigenvalue weighted by Crippen LogP contribution is 2.28. The van der Waals surface area contributed by atoms with E-state index in [0.717, 1.165) is 11.3 Å². The van der Waals surface area contributed by atoms with Crippen LogP contribution in [0.3, 0.4) is 0 Å². The number of morpholine rings is 1. The number of aromatic nitrogens is 1. The first-order valence-corrected chi connectivity index (χ1v) is 12.2. The van der Waals surface area contributed by atoms with Crippen molar-refractivity contribution < 1.29 is 31.1 Å². The van der Waals surface area contributed by atoms with E-state index in [9.17, 15) is 21.6 Å². The molecule has 0 bridgehead atoms. The monoisotopic (exact) mass is 501 g/mol. The Labute approximate surface area is 196 Å². The lowest BCUT2D eigenvalue weighted by Crippen LogP contribution is -2.43. The van der Waals surface area contributed by atoms with Gasteiger partial charge in [0.2, 0.25) is 0 Å². The van der Waals surface area contributed by atoms with Gasteiger partial charge in [-0.1, -0.05) is 0 Å². The smallest absolute Gasteiger partial charge is 0.406 e. The molecular formula is C21H26F3N5O4S. The maximum absolute atomic E-state index is 12.6. The number of rotatable bonds is 7. The van der Waals surface area contributed by atoms with Gasteiger partial charge < -0.3 is 14.4 Å². The van der Waals surface area contributed by atoms with E-state index in [1.807, 2.05) is 6.07 Å². The summed E-state index contributed by atoms with van der Waals surface area (Å²) in [5.41, 5.74) is 1.68. The fraction of sp³-hybridized carbons (Fsp3) is 0.476. The van der Waals surface area contributed by atoms with Crippen molar-refractivity contribution in [2.75, 3.05) is 49.1 Å². The molecule has 9 nitrogen and oxygen atoms in total.